The molecule has 1 aliphatic rings. The fraction of sp³-hybridized carbons (Fsp3) is 0.368. The summed E-state index contributed by atoms with van der Waals surface area (Å²) in [4.78, 5) is 0.401. The number of piperidine rings is 1. The summed E-state index contributed by atoms with van der Waals surface area (Å²) in [5.41, 5.74) is 2.65. The molecule has 3 heterocycles. The predicted octanol–water partition coefficient (Wildman–Crippen LogP) is 3.98. The molecular formula is C19H21N3O3S2. The molecule has 6 nitrogen and oxygen atoms in total. The number of thiophene rings is 1. The van der Waals surface area contributed by atoms with Crippen LogP contribution >= 0.6 is 11.3 Å². The molecular weight excluding hydrogens is 382 g/mol. The number of nitrogens with zero attached hydrogens (tertiary/aromatic N) is 3. The van der Waals surface area contributed by atoms with E-state index >= 15 is 0 Å². The highest BCUT2D eigenvalue weighted by atomic mass is 32.2. The topological polar surface area (TPSA) is 76.3 Å². The van der Waals surface area contributed by atoms with Crippen molar-refractivity contribution in [2.75, 3.05) is 13.1 Å². The van der Waals surface area contributed by atoms with Gasteiger partial charge in [-0.2, -0.15) is 15.6 Å². The Bertz CT molecular complexity index is 1030. The van der Waals surface area contributed by atoms with Gasteiger partial charge in [0.05, 0.1) is 4.90 Å². The first-order valence-electron chi connectivity index (χ1n) is 8.88. The highest BCUT2D eigenvalue weighted by Crippen LogP contribution is 2.32. The summed E-state index contributed by atoms with van der Waals surface area (Å²) in [5.74, 6) is 1.21. The Labute approximate surface area is 162 Å². The van der Waals surface area contributed by atoms with E-state index < -0.39 is 10.0 Å². The lowest BCUT2D eigenvalue weighted by atomic mass is 9.98. The molecule has 0 bridgehead atoms. The molecule has 8 heteroatoms. The molecule has 0 atom stereocenters. The van der Waals surface area contributed by atoms with Crippen LogP contribution in [0.3, 0.4) is 0 Å². The van der Waals surface area contributed by atoms with Crippen molar-refractivity contribution < 1.29 is 12.8 Å². The van der Waals surface area contributed by atoms with E-state index in [1.165, 1.54) is 0 Å². The summed E-state index contributed by atoms with van der Waals surface area (Å²) >= 11 is 1.58. The van der Waals surface area contributed by atoms with Crippen molar-refractivity contribution in [1.82, 2.24) is 14.5 Å². The molecule has 142 valence electrons. The Kier molecular flexibility index (Phi) is 4.88. The molecule has 1 aliphatic heterocycles. The van der Waals surface area contributed by atoms with Crippen molar-refractivity contribution in [2.24, 2.45) is 0 Å². The van der Waals surface area contributed by atoms with Gasteiger partial charge in [0.2, 0.25) is 21.8 Å². The van der Waals surface area contributed by atoms with Crippen molar-refractivity contribution in [3.05, 3.63) is 52.0 Å². The summed E-state index contributed by atoms with van der Waals surface area (Å²) in [6.45, 7) is 4.65. The molecule has 1 saturated heterocycles. The zero-order chi connectivity index (χ0) is 19.0. The van der Waals surface area contributed by atoms with Gasteiger partial charge in [-0.3, -0.25) is 0 Å². The average molecular weight is 404 g/mol. The molecule has 0 radical (unpaired) electrons. The minimum atomic E-state index is -3.48. The standard InChI is InChI=1S/C19H21N3O3S2/c1-13-3-4-14(2)17(11-13)27(23,24)22-8-5-15(6-9-22)18-20-21-19(25-18)16-7-10-26-12-16/h3-4,7,10-12,15H,5-6,8-9H2,1-2H3. The summed E-state index contributed by atoms with van der Waals surface area (Å²) in [5, 5.41) is 12.3. The zero-order valence-corrected chi connectivity index (χ0v) is 16.9. The lowest BCUT2D eigenvalue weighted by Crippen LogP contribution is -2.38. The SMILES string of the molecule is Cc1ccc(C)c(S(=O)(=O)N2CCC(c3nnc(-c4ccsc4)o3)CC2)c1. The van der Waals surface area contributed by atoms with Crippen molar-refractivity contribution in [3.63, 3.8) is 0 Å². The summed E-state index contributed by atoms with van der Waals surface area (Å²) in [7, 11) is -3.48. The highest BCUT2D eigenvalue weighted by molar-refractivity contribution is 7.89. The van der Waals surface area contributed by atoms with Gasteiger partial charge in [0.15, 0.2) is 0 Å². The summed E-state index contributed by atoms with van der Waals surface area (Å²) in [6, 6.07) is 7.49. The van der Waals surface area contributed by atoms with Gasteiger partial charge in [-0.1, -0.05) is 12.1 Å². The molecule has 0 saturated carbocycles. The molecule has 0 spiro atoms. The fourth-order valence-electron chi connectivity index (χ4n) is 3.37. The van der Waals surface area contributed by atoms with Gasteiger partial charge >= 0.3 is 0 Å². The number of hydrogen-bond donors (Lipinski definition) is 0. The lowest BCUT2D eigenvalue weighted by Gasteiger charge is -2.30. The van der Waals surface area contributed by atoms with Crippen LogP contribution in [0, 0.1) is 13.8 Å². The van der Waals surface area contributed by atoms with Crippen molar-refractivity contribution in [2.45, 2.75) is 37.5 Å². The van der Waals surface area contributed by atoms with Gasteiger partial charge < -0.3 is 4.42 Å². The van der Waals surface area contributed by atoms with Crippen LogP contribution in [0.1, 0.15) is 35.8 Å². The van der Waals surface area contributed by atoms with Crippen LogP contribution in [0.2, 0.25) is 0 Å². The number of sulfonamides is 1. The van der Waals surface area contributed by atoms with E-state index in [-0.39, 0.29) is 5.92 Å². The van der Waals surface area contributed by atoms with Crippen LogP contribution in [0.5, 0.6) is 0 Å². The van der Waals surface area contributed by atoms with Gasteiger partial charge in [0, 0.05) is 30.0 Å². The average Bonchev–Trinajstić information content (AvgIpc) is 3.35. The first-order chi connectivity index (χ1) is 12.9. The van der Waals surface area contributed by atoms with Crippen LogP contribution in [0.4, 0.5) is 0 Å². The second kappa shape index (κ2) is 7.18. The third kappa shape index (κ3) is 3.56. The fourth-order valence-corrected chi connectivity index (χ4v) is 5.78. The van der Waals surface area contributed by atoms with Crippen LogP contribution in [0.25, 0.3) is 11.5 Å². The number of aryl methyl sites for hydroxylation is 2. The third-order valence-corrected chi connectivity index (χ3v) is 7.70. The van der Waals surface area contributed by atoms with E-state index in [4.69, 9.17) is 4.42 Å². The molecule has 3 aromatic rings. The number of hydrogen-bond acceptors (Lipinski definition) is 6. The minimum absolute atomic E-state index is 0.0925. The van der Waals surface area contributed by atoms with E-state index in [1.54, 1.807) is 21.7 Å². The molecule has 1 aromatic carbocycles. The molecule has 4 rings (SSSR count). The zero-order valence-electron chi connectivity index (χ0n) is 15.3. The highest BCUT2D eigenvalue weighted by Gasteiger charge is 2.32. The summed E-state index contributed by atoms with van der Waals surface area (Å²) in [6.07, 6.45) is 1.35. The minimum Gasteiger partial charge on any atom is -0.420 e. The first-order valence-corrected chi connectivity index (χ1v) is 11.3. The monoisotopic (exact) mass is 403 g/mol. The Morgan fingerprint density at radius 2 is 1.93 bits per heavy atom. The first kappa shape index (κ1) is 18.3. The maximum atomic E-state index is 13.0. The van der Waals surface area contributed by atoms with Gasteiger partial charge in [-0.15, -0.1) is 10.2 Å². The molecule has 1 fully saturated rings. The lowest BCUT2D eigenvalue weighted by molar-refractivity contribution is 0.291. The Morgan fingerprint density at radius 1 is 1.15 bits per heavy atom. The smallest absolute Gasteiger partial charge is 0.248 e. The van der Waals surface area contributed by atoms with Gasteiger partial charge in [0.25, 0.3) is 0 Å². The van der Waals surface area contributed by atoms with E-state index in [0.29, 0.717) is 42.6 Å². The Hall–Kier alpha value is -2.03. The van der Waals surface area contributed by atoms with Crippen LogP contribution < -0.4 is 0 Å². The number of benzene rings is 1. The normalized spacial score (nSPS) is 16.7. The van der Waals surface area contributed by atoms with Gasteiger partial charge in [0.1, 0.15) is 0 Å². The Morgan fingerprint density at radius 3 is 2.63 bits per heavy atom. The molecule has 0 amide bonds. The van der Waals surface area contributed by atoms with E-state index in [1.807, 2.05) is 42.8 Å². The van der Waals surface area contributed by atoms with Crippen molar-refractivity contribution >= 4 is 21.4 Å². The van der Waals surface area contributed by atoms with E-state index in [9.17, 15) is 8.42 Å². The van der Waals surface area contributed by atoms with Crippen LogP contribution in [0.15, 0.2) is 44.3 Å². The van der Waals surface area contributed by atoms with Gasteiger partial charge in [-0.25, -0.2) is 8.42 Å². The Balaban J connectivity index is 1.48. The molecule has 27 heavy (non-hydrogen) atoms. The van der Waals surface area contributed by atoms with E-state index in [2.05, 4.69) is 10.2 Å². The molecule has 2 aromatic heterocycles. The second-order valence-electron chi connectivity index (χ2n) is 6.90. The molecule has 0 unspecified atom stereocenters. The third-order valence-electron chi connectivity index (χ3n) is 4.97. The predicted molar refractivity (Wildman–Crippen MR) is 104 cm³/mol. The number of rotatable bonds is 4. The van der Waals surface area contributed by atoms with Crippen molar-refractivity contribution in [3.8, 4) is 11.5 Å². The maximum absolute atomic E-state index is 13.0. The quantitative estimate of drug-likeness (QED) is 0.658. The van der Waals surface area contributed by atoms with E-state index in [0.717, 1.165) is 16.7 Å². The number of aromatic nitrogens is 2. The van der Waals surface area contributed by atoms with Crippen molar-refractivity contribution in [1.29, 1.82) is 0 Å². The van der Waals surface area contributed by atoms with Crippen LogP contribution in [-0.4, -0.2) is 36.0 Å². The maximum Gasteiger partial charge on any atom is 0.248 e. The second-order valence-corrected chi connectivity index (χ2v) is 9.59. The van der Waals surface area contributed by atoms with Gasteiger partial charge in [-0.05, 0) is 55.3 Å². The largest absolute Gasteiger partial charge is 0.420 e. The molecule has 0 N–H and O–H groups in total. The summed E-state index contributed by atoms with van der Waals surface area (Å²) < 4.78 is 33.5. The molecule has 0 aliphatic carbocycles. The van der Waals surface area contributed by atoms with Crippen LogP contribution in [-0.2, 0) is 10.0 Å².